The number of halogens is 1. The van der Waals surface area contributed by atoms with Crippen LogP contribution in [-0.2, 0) is 11.3 Å². The highest BCUT2D eigenvalue weighted by Crippen LogP contribution is 2.28. The van der Waals surface area contributed by atoms with Gasteiger partial charge in [0.1, 0.15) is 0 Å². The maximum Gasteiger partial charge on any atom is 0.251 e. The van der Waals surface area contributed by atoms with Gasteiger partial charge in [0, 0.05) is 37.3 Å². The largest absolute Gasteiger partial charge is 0.493 e. The number of rotatable bonds is 9. The number of hydrogen-bond acceptors (Lipinski definition) is 4. The van der Waals surface area contributed by atoms with Gasteiger partial charge in [0.15, 0.2) is 11.5 Å². The number of ether oxygens (including phenoxy) is 3. The number of hydrogen-bond donors (Lipinski definition) is 1. The normalized spacial score (nSPS) is 10.4. The van der Waals surface area contributed by atoms with Gasteiger partial charge in [0.05, 0.1) is 13.7 Å². The highest BCUT2D eigenvalue weighted by atomic mass is 35.5. The summed E-state index contributed by atoms with van der Waals surface area (Å²) >= 11 is 5.86. The van der Waals surface area contributed by atoms with Gasteiger partial charge >= 0.3 is 0 Å². The first-order chi connectivity index (χ1) is 12.1. The lowest BCUT2D eigenvalue weighted by molar-refractivity contribution is 0.0950. The zero-order valence-corrected chi connectivity index (χ0v) is 15.1. The van der Waals surface area contributed by atoms with Crippen molar-refractivity contribution in [2.45, 2.75) is 13.0 Å². The Kier molecular flexibility index (Phi) is 7.57. The van der Waals surface area contributed by atoms with Gasteiger partial charge in [-0.05, 0) is 35.9 Å². The van der Waals surface area contributed by atoms with E-state index in [0.717, 1.165) is 12.0 Å². The summed E-state index contributed by atoms with van der Waals surface area (Å²) in [4.78, 5) is 12.4. The van der Waals surface area contributed by atoms with E-state index in [1.54, 1.807) is 44.6 Å². The Morgan fingerprint density at radius 2 is 1.80 bits per heavy atom. The minimum atomic E-state index is -0.181. The van der Waals surface area contributed by atoms with Crippen LogP contribution < -0.4 is 14.8 Å². The Hall–Kier alpha value is -2.24. The van der Waals surface area contributed by atoms with Crippen molar-refractivity contribution in [2.24, 2.45) is 0 Å². The van der Waals surface area contributed by atoms with E-state index in [1.807, 2.05) is 12.1 Å². The Balaban J connectivity index is 1.99. The summed E-state index contributed by atoms with van der Waals surface area (Å²) in [6.07, 6.45) is 0.757. The molecule has 0 saturated carbocycles. The molecule has 0 aliphatic rings. The van der Waals surface area contributed by atoms with Crippen LogP contribution in [0.1, 0.15) is 22.3 Å². The molecule has 0 aliphatic carbocycles. The van der Waals surface area contributed by atoms with E-state index < -0.39 is 0 Å². The molecule has 2 aromatic rings. The van der Waals surface area contributed by atoms with Crippen LogP contribution in [0.5, 0.6) is 11.5 Å². The Bertz CT molecular complexity index is 688. The predicted molar refractivity (Wildman–Crippen MR) is 97.6 cm³/mol. The second-order valence-corrected chi connectivity index (χ2v) is 5.81. The first kappa shape index (κ1) is 19.1. The van der Waals surface area contributed by atoms with Gasteiger partial charge in [-0.3, -0.25) is 4.79 Å². The predicted octanol–water partition coefficient (Wildman–Crippen LogP) is 3.69. The highest BCUT2D eigenvalue weighted by molar-refractivity contribution is 6.30. The molecule has 25 heavy (non-hydrogen) atoms. The van der Waals surface area contributed by atoms with Crippen LogP contribution in [0.15, 0.2) is 42.5 Å². The van der Waals surface area contributed by atoms with E-state index in [9.17, 15) is 4.79 Å². The van der Waals surface area contributed by atoms with Crippen molar-refractivity contribution >= 4 is 17.5 Å². The number of benzene rings is 2. The Morgan fingerprint density at radius 3 is 2.48 bits per heavy atom. The topological polar surface area (TPSA) is 56.8 Å². The average molecular weight is 364 g/mol. The Morgan fingerprint density at radius 1 is 1.04 bits per heavy atom. The third-order valence-electron chi connectivity index (χ3n) is 3.54. The molecule has 0 spiro atoms. The number of carbonyl (C=O) groups excluding carboxylic acids is 1. The molecule has 0 aromatic heterocycles. The molecule has 6 heteroatoms. The zero-order chi connectivity index (χ0) is 18.1. The van der Waals surface area contributed by atoms with Gasteiger partial charge in [-0.1, -0.05) is 23.7 Å². The molecule has 2 aromatic carbocycles. The van der Waals surface area contributed by atoms with E-state index in [1.165, 1.54) is 0 Å². The summed E-state index contributed by atoms with van der Waals surface area (Å²) in [5, 5.41) is 3.54. The standard InChI is InChI=1S/C19H22ClNO4/c1-23-10-3-11-25-18-12-15(6-9-17(18)24-2)19(22)21-13-14-4-7-16(20)8-5-14/h4-9,12H,3,10-11,13H2,1-2H3,(H,21,22). The molecular weight excluding hydrogens is 342 g/mol. The van der Waals surface area contributed by atoms with E-state index >= 15 is 0 Å². The van der Waals surface area contributed by atoms with Crippen LogP contribution in [-0.4, -0.2) is 33.3 Å². The van der Waals surface area contributed by atoms with Crippen LogP contribution in [0.2, 0.25) is 5.02 Å². The molecule has 5 nitrogen and oxygen atoms in total. The zero-order valence-electron chi connectivity index (χ0n) is 14.4. The number of methoxy groups -OCH3 is 2. The van der Waals surface area contributed by atoms with Crippen LogP contribution in [0.25, 0.3) is 0 Å². The lowest BCUT2D eigenvalue weighted by atomic mass is 10.1. The van der Waals surface area contributed by atoms with Crippen molar-refractivity contribution in [3.8, 4) is 11.5 Å². The molecule has 0 unspecified atom stereocenters. The van der Waals surface area contributed by atoms with E-state index in [2.05, 4.69) is 5.32 Å². The number of carbonyl (C=O) groups is 1. The summed E-state index contributed by atoms with van der Waals surface area (Å²) in [5.74, 6) is 0.948. The second kappa shape index (κ2) is 9.91. The van der Waals surface area contributed by atoms with Crippen molar-refractivity contribution in [3.05, 3.63) is 58.6 Å². The highest BCUT2D eigenvalue weighted by Gasteiger charge is 2.11. The smallest absolute Gasteiger partial charge is 0.251 e. The molecule has 1 amide bonds. The molecule has 0 fully saturated rings. The van der Waals surface area contributed by atoms with Gasteiger partial charge in [0.25, 0.3) is 5.91 Å². The summed E-state index contributed by atoms with van der Waals surface area (Å²) in [5.41, 5.74) is 1.49. The van der Waals surface area contributed by atoms with E-state index in [-0.39, 0.29) is 5.91 Å². The Labute approximate surface area is 152 Å². The van der Waals surface area contributed by atoms with Crippen molar-refractivity contribution in [3.63, 3.8) is 0 Å². The molecule has 0 saturated heterocycles. The fourth-order valence-electron chi connectivity index (χ4n) is 2.20. The minimum Gasteiger partial charge on any atom is -0.493 e. The molecule has 0 heterocycles. The van der Waals surface area contributed by atoms with Gasteiger partial charge in [-0.25, -0.2) is 0 Å². The van der Waals surface area contributed by atoms with Crippen molar-refractivity contribution in [1.82, 2.24) is 5.32 Å². The molecule has 0 bridgehead atoms. The van der Waals surface area contributed by atoms with Crippen LogP contribution in [0.4, 0.5) is 0 Å². The van der Waals surface area contributed by atoms with Crippen molar-refractivity contribution in [2.75, 3.05) is 27.4 Å². The van der Waals surface area contributed by atoms with E-state index in [0.29, 0.717) is 41.8 Å². The summed E-state index contributed by atoms with van der Waals surface area (Å²) in [6, 6.07) is 12.5. The molecule has 0 atom stereocenters. The third kappa shape index (κ3) is 5.96. The lowest BCUT2D eigenvalue weighted by Gasteiger charge is -2.12. The van der Waals surface area contributed by atoms with Crippen LogP contribution in [0, 0.1) is 0 Å². The van der Waals surface area contributed by atoms with Crippen molar-refractivity contribution < 1.29 is 19.0 Å². The molecule has 0 radical (unpaired) electrons. The fraction of sp³-hybridized carbons (Fsp3) is 0.316. The quantitative estimate of drug-likeness (QED) is 0.690. The summed E-state index contributed by atoms with van der Waals surface area (Å²) in [6.45, 7) is 1.52. The summed E-state index contributed by atoms with van der Waals surface area (Å²) < 4.78 is 16.0. The molecule has 1 N–H and O–H groups in total. The first-order valence-corrected chi connectivity index (χ1v) is 8.34. The molecular formula is C19H22ClNO4. The number of amides is 1. The monoisotopic (exact) mass is 363 g/mol. The van der Waals surface area contributed by atoms with Gasteiger partial charge in [-0.15, -0.1) is 0 Å². The minimum absolute atomic E-state index is 0.181. The molecule has 0 aliphatic heterocycles. The molecule has 2 rings (SSSR count). The van der Waals surface area contributed by atoms with Crippen LogP contribution >= 0.6 is 11.6 Å². The SMILES string of the molecule is COCCCOc1cc(C(=O)NCc2ccc(Cl)cc2)ccc1OC. The van der Waals surface area contributed by atoms with Gasteiger partial charge in [-0.2, -0.15) is 0 Å². The molecule has 134 valence electrons. The second-order valence-electron chi connectivity index (χ2n) is 5.37. The van der Waals surface area contributed by atoms with Gasteiger partial charge in [0.2, 0.25) is 0 Å². The average Bonchev–Trinajstić information content (AvgIpc) is 2.64. The van der Waals surface area contributed by atoms with Crippen molar-refractivity contribution in [1.29, 1.82) is 0 Å². The maximum atomic E-state index is 12.4. The fourth-order valence-corrected chi connectivity index (χ4v) is 2.33. The third-order valence-corrected chi connectivity index (χ3v) is 3.79. The lowest BCUT2D eigenvalue weighted by Crippen LogP contribution is -2.22. The maximum absolute atomic E-state index is 12.4. The first-order valence-electron chi connectivity index (χ1n) is 7.96. The van der Waals surface area contributed by atoms with Crippen LogP contribution in [0.3, 0.4) is 0 Å². The number of nitrogens with one attached hydrogen (secondary N) is 1. The van der Waals surface area contributed by atoms with Gasteiger partial charge < -0.3 is 19.5 Å². The summed E-state index contributed by atoms with van der Waals surface area (Å²) in [7, 11) is 3.21. The van der Waals surface area contributed by atoms with E-state index in [4.69, 9.17) is 25.8 Å².